The first-order valence-electron chi connectivity index (χ1n) is 15.8. The molecule has 0 aliphatic carbocycles. The van der Waals surface area contributed by atoms with Crippen LogP contribution in [0.5, 0.6) is 11.8 Å². The molecule has 1 amide bonds. The van der Waals surface area contributed by atoms with E-state index in [2.05, 4.69) is 20.9 Å². The molecule has 12 heteroatoms. The second-order valence-electron chi connectivity index (χ2n) is 11.6. The number of methoxy groups -OCH3 is 2. The summed E-state index contributed by atoms with van der Waals surface area (Å²) in [5.41, 5.74) is 5.90. The number of nitrogens with one attached hydrogen (secondary N) is 3. The van der Waals surface area contributed by atoms with E-state index in [9.17, 15) is 4.79 Å². The van der Waals surface area contributed by atoms with Crippen molar-refractivity contribution < 1.29 is 19.0 Å². The summed E-state index contributed by atoms with van der Waals surface area (Å²) in [5, 5.41) is 10.9. The van der Waals surface area contributed by atoms with E-state index in [0.29, 0.717) is 76.5 Å². The molecule has 4 aromatic rings. The number of aromatic nitrogens is 3. The van der Waals surface area contributed by atoms with Gasteiger partial charge in [0, 0.05) is 79.2 Å². The molecule has 2 saturated heterocycles. The fourth-order valence-corrected chi connectivity index (χ4v) is 6.62. The van der Waals surface area contributed by atoms with Gasteiger partial charge in [-0.25, -0.2) is 9.97 Å². The van der Waals surface area contributed by atoms with Crippen molar-refractivity contribution in [3.8, 4) is 45.4 Å². The second-order valence-corrected chi connectivity index (χ2v) is 12.4. The molecule has 2 aromatic heterocycles. The van der Waals surface area contributed by atoms with Crippen molar-refractivity contribution >= 4 is 29.1 Å². The molecule has 2 aliphatic heterocycles. The number of nitrogens with zero attached hydrogens (tertiary/aromatic N) is 3. The van der Waals surface area contributed by atoms with Crippen LogP contribution in [0.3, 0.4) is 0 Å². The number of hydrogen-bond acceptors (Lipinski definition) is 9. The Balaban J connectivity index is 1.22. The second kappa shape index (κ2) is 15.4. The number of pyridine rings is 1. The maximum Gasteiger partial charge on any atom is 0.237 e. The van der Waals surface area contributed by atoms with Crippen molar-refractivity contribution in [2.75, 3.05) is 34.0 Å². The third-order valence-electron chi connectivity index (χ3n) is 8.55. The Labute approximate surface area is 284 Å². The van der Waals surface area contributed by atoms with Gasteiger partial charge in [-0.1, -0.05) is 65.7 Å². The highest BCUT2D eigenvalue weighted by molar-refractivity contribution is 6.39. The van der Waals surface area contributed by atoms with Gasteiger partial charge in [0.25, 0.3) is 0 Å². The maximum atomic E-state index is 11.5. The van der Waals surface area contributed by atoms with E-state index in [4.69, 9.17) is 47.4 Å². The number of amides is 1. The van der Waals surface area contributed by atoms with Gasteiger partial charge < -0.3 is 30.2 Å². The zero-order valence-electron chi connectivity index (χ0n) is 26.4. The molecular formula is C35H38Cl2N6O4. The normalized spacial score (nSPS) is 16.7. The summed E-state index contributed by atoms with van der Waals surface area (Å²) in [6.45, 7) is 3.31. The van der Waals surface area contributed by atoms with E-state index in [1.807, 2.05) is 48.5 Å². The standard InChI is InChI=1S/C35H38Cl2N6O4/c1-45-34-21(17-39-22-13-15-47-16-14-22)9-11-28(42-34)26-7-3-5-24(32(26)36)25-6-4-8-27(33(25)37)29-20-40-30(35(43-29)46-2)19-38-18-23-10-12-31(44)41-23/h3-9,11,20,22-23,38-39H,10,12-19H2,1-2H3,(H,41,44)/t23-/m0/s1. The minimum Gasteiger partial charge on any atom is -0.481 e. The van der Waals surface area contributed by atoms with E-state index >= 15 is 0 Å². The van der Waals surface area contributed by atoms with Gasteiger partial charge >= 0.3 is 0 Å². The van der Waals surface area contributed by atoms with Gasteiger partial charge in [0.1, 0.15) is 5.69 Å². The molecular weight excluding hydrogens is 639 g/mol. The Hall–Kier alpha value is -3.80. The number of carbonyl (C=O) groups excluding carboxylic acids is 1. The molecule has 2 aliphatic rings. The molecule has 4 heterocycles. The predicted molar refractivity (Wildman–Crippen MR) is 183 cm³/mol. The molecule has 0 unspecified atom stereocenters. The summed E-state index contributed by atoms with van der Waals surface area (Å²) in [5.74, 6) is 1.05. The van der Waals surface area contributed by atoms with Gasteiger partial charge in [0.15, 0.2) is 0 Å². The molecule has 47 heavy (non-hydrogen) atoms. The van der Waals surface area contributed by atoms with Crippen LogP contribution in [0.15, 0.2) is 54.7 Å². The Morgan fingerprint density at radius 3 is 2.17 bits per heavy atom. The van der Waals surface area contributed by atoms with Crippen molar-refractivity contribution in [2.45, 2.75) is 50.9 Å². The SMILES string of the molecule is COc1nc(-c2cccc(-c3cccc(-c4cnc(CNC[C@@H]5CCC(=O)N5)c(OC)n4)c3Cl)c2Cl)ccc1CNC1CCOCC1. The average molecular weight is 678 g/mol. The Bertz CT molecular complexity index is 1730. The molecule has 0 radical (unpaired) electrons. The number of rotatable bonds is 12. The minimum absolute atomic E-state index is 0.0889. The van der Waals surface area contributed by atoms with Crippen molar-refractivity contribution in [1.29, 1.82) is 0 Å². The van der Waals surface area contributed by atoms with Crippen LogP contribution >= 0.6 is 23.2 Å². The first-order chi connectivity index (χ1) is 22.9. The highest BCUT2D eigenvalue weighted by Crippen LogP contribution is 2.42. The number of benzene rings is 2. The first-order valence-corrected chi connectivity index (χ1v) is 16.5. The third-order valence-corrected chi connectivity index (χ3v) is 9.36. The van der Waals surface area contributed by atoms with Crippen LogP contribution in [0.4, 0.5) is 0 Å². The summed E-state index contributed by atoms with van der Waals surface area (Å²) in [6.07, 6.45) is 5.06. The van der Waals surface area contributed by atoms with Crippen LogP contribution in [0, 0.1) is 0 Å². The molecule has 0 bridgehead atoms. The van der Waals surface area contributed by atoms with E-state index in [1.54, 1.807) is 20.4 Å². The summed E-state index contributed by atoms with van der Waals surface area (Å²) in [7, 11) is 3.20. The minimum atomic E-state index is 0.0889. The molecule has 246 valence electrons. The molecule has 10 nitrogen and oxygen atoms in total. The topological polar surface area (TPSA) is 120 Å². The number of ether oxygens (including phenoxy) is 3. The molecule has 0 saturated carbocycles. The van der Waals surface area contributed by atoms with Crippen LogP contribution < -0.4 is 25.4 Å². The van der Waals surface area contributed by atoms with E-state index in [0.717, 1.165) is 54.7 Å². The van der Waals surface area contributed by atoms with Gasteiger partial charge in [-0.05, 0) is 25.3 Å². The van der Waals surface area contributed by atoms with Crippen LogP contribution in [0.25, 0.3) is 33.6 Å². The van der Waals surface area contributed by atoms with Gasteiger partial charge in [0.05, 0.1) is 41.8 Å². The summed E-state index contributed by atoms with van der Waals surface area (Å²) in [6, 6.07) is 16.1. The molecule has 2 fully saturated rings. The lowest BCUT2D eigenvalue weighted by Crippen LogP contribution is -2.35. The average Bonchev–Trinajstić information content (AvgIpc) is 3.52. The van der Waals surface area contributed by atoms with Crippen molar-refractivity contribution in [1.82, 2.24) is 30.9 Å². The lowest BCUT2D eigenvalue weighted by atomic mass is 9.98. The summed E-state index contributed by atoms with van der Waals surface area (Å²) < 4.78 is 16.7. The highest BCUT2D eigenvalue weighted by Gasteiger charge is 2.22. The van der Waals surface area contributed by atoms with Crippen molar-refractivity contribution in [3.05, 3.63) is 76.0 Å². The third kappa shape index (κ3) is 7.69. The molecule has 1 atom stereocenters. The van der Waals surface area contributed by atoms with Gasteiger partial charge in [0.2, 0.25) is 17.7 Å². The fourth-order valence-electron chi connectivity index (χ4n) is 5.97. The predicted octanol–water partition coefficient (Wildman–Crippen LogP) is 5.83. The van der Waals surface area contributed by atoms with Gasteiger partial charge in [-0.3, -0.25) is 9.78 Å². The van der Waals surface area contributed by atoms with Gasteiger partial charge in [-0.15, -0.1) is 0 Å². The maximum absolute atomic E-state index is 11.5. The molecule has 0 spiro atoms. The lowest BCUT2D eigenvalue weighted by Gasteiger charge is -2.23. The Kier molecular flexibility index (Phi) is 10.9. The van der Waals surface area contributed by atoms with E-state index < -0.39 is 0 Å². The van der Waals surface area contributed by atoms with Crippen LogP contribution in [-0.4, -0.2) is 66.9 Å². The van der Waals surface area contributed by atoms with E-state index in [1.165, 1.54) is 0 Å². The zero-order chi connectivity index (χ0) is 32.8. The number of carbonyl (C=O) groups is 1. The van der Waals surface area contributed by atoms with E-state index in [-0.39, 0.29) is 11.9 Å². The zero-order valence-corrected chi connectivity index (χ0v) is 28.0. The Morgan fingerprint density at radius 1 is 0.851 bits per heavy atom. The van der Waals surface area contributed by atoms with Crippen molar-refractivity contribution in [2.24, 2.45) is 0 Å². The smallest absolute Gasteiger partial charge is 0.237 e. The number of halogens is 2. The molecule has 2 aromatic carbocycles. The summed E-state index contributed by atoms with van der Waals surface area (Å²) in [4.78, 5) is 25.7. The largest absolute Gasteiger partial charge is 0.481 e. The number of hydrogen-bond donors (Lipinski definition) is 3. The quantitative estimate of drug-likeness (QED) is 0.170. The summed E-state index contributed by atoms with van der Waals surface area (Å²) >= 11 is 14.1. The molecule has 6 rings (SSSR count). The monoisotopic (exact) mass is 676 g/mol. The van der Waals surface area contributed by atoms with Crippen LogP contribution in [0.1, 0.15) is 36.9 Å². The lowest BCUT2D eigenvalue weighted by molar-refractivity contribution is -0.119. The van der Waals surface area contributed by atoms with Crippen molar-refractivity contribution in [3.63, 3.8) is 0 Å². The highest BCUT2D eigenvalue weighted by atomic mass is 35.5. The van der Waals surface area contributed by atoms with Crippen LogP contribution in [-0.2, 0) is 22.6 Å². The van der Waals surface area contributed by atoms with Crippen LogP contribution in [0.2, 0.25) is 10.0 Å². The molecule has 3 N–H and O–H groups in total. The van der Waals surface area contributed by atoms with Gasteiger partial charge in [-0.2, -0.15) is 0 Å². The first kappa shape index (κ1) is 33.1. The Morgan fingerprint density at radius 2 is 1.51 bits per heavy atom. The fraction of sp³-hybridized carbons (Fsp3) is 0.371.